The molecule has 1 aliphatic rings. The number of hydrogen-bond donors (Lipinski definition) is 1. The Kier molecular flexibility index (Phi) is 5.53. The van der Waals surface area contributed by atoms with Crippen LogP contribution >= 0.6 is 0 Å². The summed E-state index contributed by atoms with van der Waals surface area (Å²) in [6.45, 7) is 9.42. The second-order valence-electron chi connectivity index (χ2n) is 6.41. The van der Waals surface area contributed by atoms with Crippen LogP contribution in [0.5, 0.6) is 5.75 Å². The summed E-state index contributed by atoms with van der Waals surface area (Å²) in [6, 6.07) is 7.78. The summed E-state index contributed by atoms with van der Waals surface area (Å²) < 4.78 is 11.5. The maximum atomic E-state index is 12.5. The number of ether oxygens (including phenoxy) is 1. The van der Waals surface area contributed by atoms with Crippen LogP contribution in [0.2, 0.25) is 0 Å². The van der Waals surface area contributed by atoms with Crippen LogP contribution in [0.3, 0.4) is 0 Å². The minimum Gasteiger partial charge on any atom is -0.490 e. The molecular weight excluding hydrogens is 304 g/mol. The fourth-order valence-corrected chi connectivity index (χ4v) is 3.17. The number of hydrogen-bond acceptors (Lipinski definition) is 5. The fourth-order valence-electron chi connectivity index (χ4n) is 3.17. The zero-order chi connectivity index (χ0) is 16.9. The summed E-state index contributed by atoms with van der Waals surface area (Å²) in [7, 11) is 0. The van der Waals surface area contributed by atoms with Crippen LogP contribution in [0.15, 0.2) is 28.7 Å². The van der Waals surface area contributed by atoms with Crippen LogP contribution in [-0.4, -0.2) is 50.0 Å². The van der Waals surface area contributed by atoms with E-state index >= 15 is 0 Å². The molecule has 0 aliphatic carbocycles. The van der Waals surface area contributed by atoms with Crippen molar-refractivity contribution in [3.05, 3.63) is 30.0 Å². The van der Waals surface area contributed by atoms with Gasteiger partial charge < -0.3 is 19.4 Å². The molecule has 2 heterocycles. The molecule has 1 aromatic carbocycles. The topological polar surface area (TPSA) is 54.7 Å². The van der Waals surface area contributed by atoms with Crippen molar-refractivity contribution >= 4 is 16.8 Å². The minimum absolute atomic E-state index is 0.0164. The minimum atomic E-state index is 0.0164. The van der Waals surface area contributed by atoms with E-state index in [-0.39, 0.29) is 11.7 Å². The van der Waals surface area contributed by atoms with Gasteiger partial charge in [0, 0.05) is 44.0 Å². The summed E-state index contributed by atoms with van der Waals surface area (Å²) >= 11 is 0. The number of Topliss-reactive ketones (excluding diaryl/α,β-unsaturated/α-hetero) is 1. The average molecular weight is 330 g/mol. The molecule has 5 heteroatoms. The maximum absolute atomic E-state index is 12.5. The van der Waals surface area contributed by atoms with Gasteiger partial charge in [-0.2, -0.15) is 0 Å². The molecule has 1 atom stereocenters. The van der Waals surface area contributed by atoms with Gasteiger partial charge in [0.05, 0.1) is 13.0 Å². The van der Waals surface area contributed by atoms with Gasteiger partial charge in [0.25, 0.3) is 0 Å². The van der Waals surface area contributed by atoms with E-state index in [0.717, 1.165) is 49.4 Å². The predicted octanol–water partition coefficient (Wildman–Crippen LogP) is 2.48. The number of carbonyl (C=O) groups is 1. The van der Waals surface area contributed by atoms with Crippen LogP contribution in [0.1, 0.15) is 19.6 Å². The molecule has 24 heavy (non-hydrogen) atoms. The zero-order valence-electron chi connectivity index (χ0n) is 14.5. The lowest BCUT2D eigenvalue weighted by molar-refractivity contribution is -0.122. The maximum Gasteiger partial charge on any atom is 0.176 e. The number of para-hydroxylation sites is 1. The zero-order valence-corrected chi connectivity index (χ0v) is 14.5. The number of ketones is 1. The summed E-state index contributed by atoms with van der Waals surface area (Å²) in [6.07, 6.45) is 0.341. The van der Waals surface area contributed by atoms with Gasteiger partial charge >= 0.3 is 0 Å². The molecule has 5 nitrogen and oxygen atoms in total. The number of benzene rings is 1. The van der Waals surface area contributed by atoms with E-state index in [4.69, 9.17) is 9.15 Å². The largest absolute Gasteiger partial charge is 0.490 e. The summed E-state index contributed by atoms with van der Waals surface area (Å²) in [5, 5.41) is 4.32. The highest BCUT2D eigenvalue weighted by Crippen LogP contribution is 2.29. The summed E-state index contributed by atoms with van der Waals surface area (Å²) in [5.74, 6) is 1.70. The van der Waals surface area contributed by atoms with Crippen LogP contribution in [0.4, 0.5) is 0 Å². The first-order valence-corrected chi connectivity index (χ1v) is 8.77. The molecule has 1 fully saturated rings. The van der Waals surface area contributed by atoms with Crippen LogP contribution < -0.4 is 10.1 Å². The number of fused-ring (bicyclic) bond motifs is 1. The average Bonchev–Trinajstić information content (AvgIpc) is 2.99. The van der Waals surface area contributed by atoms with Crippen molar-refractivity contribution in [2.75, 3.05) is 39.3 Å². The molecule has 0 spiro atoms. The highest BCUT2D eigenvalue weighted by atomic mass is 16.5. The first kappa shape index (κ1) is 17.0. The van der Waals surface area contributed by atoms with Gasteiger partial charge in [0.1, 0.15) is 11.5 Å². The van der Waals surface area contributed by atoms with E-state index in [1.54, 1.807) is 0 Å². The van der Waals surface area contributed by atoms with Crippen molar-refractivity contribution < 1.29 is 13.9 Å². The molecule has 1 aromatic heterocycles. The molecule has 3 rings (SSSR count). The second kappa shape index (κ2) is 7.81. The monoisotopic (exact) mass is 330 g/mol. The number of nitrogens with zero attached hydrogens (tertiary/aromatic N) is 1. The van der Waals surface area contributed by atoms with Crippen LogP contribution in [-0.2, 0) is 11.2 Å². The molecule has 2 aromatic rings. The molecule has 1 aliphatic heterocycles. The van der Waals surface area contributed by atoms with Crippen molar-refractivity contribution in [2.24, 2.45) is 5.92 Å². The Morgan fingerprint density at radius 2 is 2.17 bits per heavy atom. The molecular formula is C19H26N2O3. The number of piperazine rings is 1. The molecule has 130 valence electrons. The third-order valence-corrected chi connectivity index (χ3v) is 4.50. The lowest BCUT2D eigenvalue weighted by Gasteiger charge is -2.29. The first-order chi connectivity index (χ1) is 11.7. The molecule has 0 radical (unpaired) electrons. The third kappa shape index (κ3) is 3.97. The summed E-state index contributed by atoms with van der Waals surface area (Å²) in [4.78, 5) is 14.9. The Morgan fingerprint density at radius 3 is 2.92 bits per heavy atom. The van der Waals surface area contributed by atoms with E-state index in [1.165, 1.54) is 0 Å². The first-order valence-electron chi connectivity index (χ1n) is 8.77. The Balaban J connectivity index is 1.65. The normalized spacial score (nSPS) is 17.1. The van der Waals surface area contributed by atoms with Crippen molar-refractivity contribution in [2.45, 2.75) is 20.3 Å². The van der Waals surface area contributed by atoms with Gasteiger partial charge in [0.15, 0.2) is 11.3 Å². The van der Waals surface area contributed by atoms with Crippen molar-refractivity contribution in [3.63, 3.8) is 0 Å². The lowest BCUT2D eigenvalue weighted by Crippen LogP contribution is -2.45. The lowest BCUT2D eigenvalue weighted by atomic mass is 10.0. The van der Waals surface area contributed by atoms with Crippen LogP contribution in [0.25, 0.3) is 11.0 Å². The smallest absolute Gasteiger partial charge is 0.176 e. The van der Waals surface area contributed by atoms with Gasteiger partial charge in [-0.3, -0.25) is 4.79 Å². The summed E-state index contributed by atoms with van der Waals surface area (Å²) in [5.41, 5.74) is 0.733. The highest BCUT2D eigenvalue weighted by Gasteiger charge is 2.20. The van der Waals surface area contributed by atoms with Gasteiger partial charge in [-0.1, -0.05) is 19.1 Å². The Morgan fingerprint density at radius 1 is 1.38 bits per heavy atom. The van der Waals surface area contributed by atoms with E-state index in [1.807, 2.05) is 38.1 Å². The molecule has 0 amide bonds. The van der Waals surface area contributed by atoms with Crippen LogP contribution in [0, 0.1) is 5.92 Å². The Bertz CT molecular complexity index is 689. The van der Waals surface area contributed by atoms with Crippen molar-refractivity contribution in [1.82, 2.24) is 10.2 Å². The van der Waals surface area contributed by atoms with E-state index in [2.05, 4.69) is 10.2 Å². The predicted molar refractivity (Wildman–Crippen MR) is 94.6 cm³/mol. The number of nitrogens with one attached hydrogen (secondary N) is 1. The SMILES string of the molecule is CCOc1cccc2cc(CC(=O)C(C)CN3CCNCC3)oc12. The van der Waals surface area contributed by atoms with Gasteiger partial charge in [0.2, 0.25) is 0 Å². The van der Waals surface area contributed by atoms with Gasteiger partial charge in [-0.25, -0.2) is 0 Å². The van der Waals surface area contributed by atoms with E-state index in [9.17, 15) is 4.79 Å². The van der Waals surface area contributed by atoms with Crippen molar-refractivity contribution in [3.8, 4) is 5.75 Å². The fraction of sp³-hybridized carbons (Fsp3) is 0.526. The second-order valence-corrected chi connectivity index (χ2v) is 6.41. The quantitative estimate of drug-likeness (QED) is 0.845. The molecule has 1 saturated heterocycles. The molecule has 1 unspecified atom stereocenters. The Labute approximate surface area is 143 Å². The molecule has 0 bridgehead atoms. The van der Waals surface area contributed by atoms with Gasteiger partial charge in [-0.05, 0) is 19.1 Å². The third-order valence-electron chi connectivity index (χ3n) is 4.50. The number of carbonyl (C=O) groups excluding carboxylic acids is 1. The van der Waals surface area contributed by atoms with Gasteiger partial charge in [-0.15, -0.1) is 0 Å². The number of rotatable bonds is 7. The number of furan rings is 1. The van der Waals surface area contributed by atoms with E-state index < -0.39 is 0 Å². The molecule has 0 saturated carbocycles. The van der Waals surface area contributed by atoms with E-state index in [0.29, 0.717) is 18.8 Å². The Hall–Kier alpha value is -1.85. The highest BCUT2D eigenvalue weighted by molar-refractivity contribution is 5.87. The molecule has 1 N–H and O–H groups in total. The van der Waals surface area contributed by atoms with Crippen molar-refractivity contribution in [1.29, 1.82) is 0 Å². The standard InChI is InChI=1S/C19H26N2O3/c1-3-23-18-6-4-5-15-11-16(24-19(15)18)12-17(22)14(2)13-21-9-7-20-8-10-21/h4-6,11,14,20H,3,7-10,12-13H2,1-2H3.